The number of unbranched alkanes of at least 4 members (excludes halogenated alkanes) is 6. The highest BCUT2D eigenvalue weighted by molar-refractivity contribution is 7.37. The maximum atomic E-state index is 11.7. The SMILES string of the molecule is FCCCCCCPCCCCCCF. The zero-order chi connectivity index (χ0) is 11.2. The van der Waals surface area contributed by atoms with Gasteiger partial charge in [-0.3, -0.25) is 8.78 Å². The van der Waals surface area contributed by atoms with Crippen LogP contribution < -0.4 is 0 Å². The molecule has 0 N–H and O–H groups in total. The van der Waals surface area contributed by atoms with Crippen molar-refractivity contribution in [1.82, 2.24) is 0 Å². The van der Waals surface area contributed by atoms with Crippen molar-refractivity contribution in [2.24, 2.45) is 0 Å². The van der Waals surface area contributed by atoms with Gasteiger partial charge in [0.15, 0.2) is 0 Å². The van der Waals surface area contributed by atoms with Crippen molar-refractivity contribution in [1.29, 1.82) is 0 Å². The molecule has 0 unspecified atom stereocenters. The average Bonchev–Trinajstić information content (AvgIpc) is 2.26. The number of rotatable bonds is 12. The van der Waals surface area contributed by atoms with Gasteiger partial charge in [-0.05, 0) is 38.0 Å². The lowest BCUT2D eigenvalue weighted by Gasteiger charge is -2.01. The molecular formula is C12H25F2P. The molecule has 0 fully saturated rings. The lowest BCUT2D eigenvalue weighted by molar-refractivity contribution is 0.455. The van der Waals surface area contributed by atoms with E-state index in [1.54, 1.807) is 0 Å². The van der Waals surface area contributed by atoms with Crippen molar-refractivity contribution >= 4 is 8.58 Å². The highest BCUT2D eigenvalue weighted by Gasteiger charge is 1.92. The van der Waals surface area contributed by atoms with Crippen LogP contribution in [0.15, 0.2) is 0 Å². The Hall–Kier alpha value is 0.290. The van der Waals surface area contributed by atoms with Crippen molar-refractivity contribution in [3.63, 3.8) is 0 Å². The van der Waals surface area contributed by atoms with Gasteiger partial charge in [-0.2, -0.15) is 0 Å². The van der Waals surface area contributed by atoms with Crippen molar-refractivity contribution < 1.29 is 8.78 Å². The van der Waals surface area contributed by atoms with E-state index in [4.69, 9.17) is 0 Å². The van der Waals surface area contributed by atoms with E-state index in [-0.39, 0.29) is 13.3 Å². The Balaban J connectivity index is 2.81. The summed E-state index contributed by atoms with van der Waals surface area (Å²) in [6.07, 6.45) is 11.1. The third-order valence-electron chi connectivity index (χ3n) is 2.47. The molecule has 0 aromatic heterocycles. The molecule has 0 aromatic carbocycles. The standard InChI is InChI=1S/C12H25F2P/c13-9-5-1-3-7-11-15-12-8-4-2-6-10-14/h15H,1-12H2. The molecule has 0 rings (SSSR count). The van der Waals surface area contributed by atoms with Crippen LogP contribution in [0, 0.1) is 0 Å². The Morgan fingerprint density at radius 3 is 1.33 bits per heavy atom. The van der Waals surface area contributed by atoms with Crippen LogP contribution in [0.25, 0.3) is 0 Å². The third-order valence-corrected chi connectivity index (χ3v) is 3.89. The van der Waals surface area contributed by atoms with E-state index < -0.39 is 0 Å². The third kappa shape index (κ3) is 14.3. The van der Waals surface area contributed by atoms with E-state index in [1.807, 2.05) is 0 Å². The highest BCUT2D eigenvalue weighted by Crippen LogP contribution is 2.17. The molecule has 0 spiro atoms. The van der Waals surface area contributed by atoms with Crippen LogP contribution in [-0.2, 0) is 0 Å². The quantitative estimate of drug-likeness (QED) is 0.341. The minimum absolute atomic E-state index is 0.156. The van der Waals surface area contributed by atoms with Crippen molar-refractivity contribution in [2.75, 3.05) is 25.7 Å². The zero-order valence-electron chi connectivity index (χ0n) is 9.74. The molecule has 0 amide bonds. The summed E-state index contributed by atoms with van der Waals surface area (Å²) < 4.78 is 23.5. The second kappa shape index (κ2) is 14.3. The maximum Gasteiger partial charge on any atom is 0.0894 e. The second-order valence-electron chi connectivity index (χ2n) is 3.96. The van der Waals surface area contributed by atoms with Gasteiger partial charge >= 0.3 is 0 Å². The van der Waals surface area contributed by atoms with Crippen LogP contribution in [0.4, 0.5) is 8.78 Å². The van der Waals surface area contributed by atoms with E-state index in [0.717, 1.165) is 34.3 Å². The predicted octanol–water partition coefficient (Wildman–Crippen LogP) is 4.72. The van der Waals surface area contributed by atoms with Crippen LogP contribution in [0.5, 0.6) is 0 Å². The zero-order valence-corrected chi connectivity index (χ0v) is 10.7. The van der Waals surface area contributed by atoms with Crippen LogP contribution >= 0.6 is 8.58 Å². The lowest BCUT2D eigenvalue weighted by Crippen LogP contribution is -1.85. The molecule has 0 saturated heterocycles. The summed E-state index contributed by atoms with van der Waals surface area (Å²) in [5.74, 6) is 0. The molecule has 0 aliphatic rings. The monoisotopic (exact) mass is 238 g/mol. The van der Waals surface area contributed by atoms with Crippen molar-refractivity contribution in [3.8, 4) is 0 Å². The summed E-state index contributed by atoms with van der Waals surface area (Å²) in [5.41, 5.74) is 0. The van der Waals surface area contributed by atoms with Gasteiger partial charge in [-0.1, -0.05) is 25.7 Å². The van der Waals surface area contributed by atoms with Gasteiger partial charge in [0.25, 0.3) is 0 Å². The largest absolute Gasteiger partial charge is 0.251 e. The molecule has 0 heterocycles. The number of hydrogen-bond acceptors (Lipinski definition) is 0. The Labute approximate surface area is 95.0 Å². The minimum Gasteiger partial charge on any atom is -0.251 e. The number of alkyl halides is 2. The topological polar surface area (TPSA) is 0 Å². The highest BCUT2D eigenvalue weighted by atomic mass is 31.1. The summed E-state index contributed by atoms with van der Waals surface area (Å²) in [5, 5.41) is 0. The van der Waals surface area contributed by atoms with E-state index in [1.165, 1.54) is 38.0 Å². The molecule has 0 aliphatic heterocycles. The van der Waals surface area contributed by atoms with E-state index >= 15 is 0 Å². The van der Waals surface area contributed by atoms with Crippen LogP contribution in [0.1, 0.15) is 51.4 Å². The summed E-state index contributed by atoms with van der Waals surface area (Å²) in [4.78, 5) is 0. The van der Waals surface area contributed by atoms with Gasteiger partial charge < -0.3 is 0 Å². The number of hydrogen-bond donors (Lipinski definition) is 0. The van der Waals surface area contributed by atoms with E-state index in [9.17, 15) is 8.78 Å². The maximum absolute atomic E-state index is 11.7. The van der Waals surface area contributed by atoms with Gasteiger partial charge in [-0.25, -0.2) is 0 Å². The van der Waals surface area contributed by atoms with Gasteiger partial charge in [0, 0.05) is 0 Å². The number of halogens is 2. The first kappa shape index (κ1) is 15.3. The molecule has 0 bridgehead atoms. The molecule has 92 valence electrons. The summed E-state index contributed by atoms with van der Waals surface area (Å²) >= 11 is 0. The molecular weight excluding hydrogens is 213 g/mol. The van der Waals surface area contributed by atoms with Crippen LogP contribution in [0.2, 0.25) is 0 Å². The molecule has 0 atom stereocenters. The smallest absolute Gasteiger partial charge is 0.0894 e. The van der Waals surface area contributed by atoms with Gasteiger partial charge in [-0.15, -0.1) is 8.58 Å². The van der Waals surface area contributed by atoms with Crippen LogP contribution in [-0.4, -0.2) is 25.7 Å². The molecule has 3 heteroatoms. The van der Waals surface area contributed by atoms with Crippen LogP contribution in [0.3, 0.4) is 0 Å². The molecule has 0 aromatic rings. The lowest BCUT2D eigenvalue weighted by atomic mass is 10.2. The van der Waals surface area contributed by atoms with Crippen molar-refractivity contribution in [3.05, 3.63) is 0 Å². The fourth-order valence-corrected chi connectivity index (χ4v) is 2.77. The van der Waals surface area contributed by atoms with Crippen molar-refractivity contribution in [2.45, 2.75) is 51.4 Å². The molecule has 0 saturated carbocycles. The van der Waals surface area contributed by atoms with Gasteiger partial charge in [0.2, 0.25) is 0 Å². The van der Waals surface area contributed by atoms with E-state index in [0.29, 0.717) is 0 Å². The Kier molecular flexibility index (Phi) is 14.6. The van der Waals surface area contributed by atoms with Gasteiger partial charge in [0.1, 0.15) is 0 Å². The second-order valence-corrected chi connectivity index (χ2v) is 5.46. The first-order valence-electron chi connectivity index (χ1n) is 6.24. The summed E-state index contributed by atoms with van der Waals surface area (Å²) in [6, 6.07) is 0. The fourth-order valence-electron chi connectivity index (χ4n) is 1.52. The normalized spacial score (nSPS) is 10.8. The summed E-state index contributed by atoms with van der Waals surface area (Å²) in [6.45, 7) is -0.312. The Morgan fingerprint density at radius 1 is 0.533 bits per heavy atom. The molecule has 0 nitrogen and oxygen atoms in total. The fraction of sp³-hybridized carbons (Fsp3) is 1.00. The average molecular weight is 238 g/mol. The Morgan fingerprint density at radius 2 is 0.933 bits per heavy atom. The molecule has 0 aliphatic carbocycles. The first-order valence-corrected chi connectivity index (χ1v) is 7.66. The minimum atomic E-state index is -0.156. The first-order chi connectivity index (χ1) is 7.41. The van der Waals surface area contributed by atoms with E-state index in [2.05, 4.69) is 0 Å². The van der Waals surface area contributed by atoms with Gasteiger partial charge in [0.05, 0.1) is 13.3 Å². The Bertz CT molecular complexity index is 97.8. The molecule has 15 heavy (non-hydrogen) atoms. The molecule has 0 radical (unpaired) electrons. The predicted molar refractivity (Wildman–Crippen MR) is 66.9 cm³/mol. The summed E-state index contributed by atoms with van der Waals surface area (Å²) in [7, 11) is 1.07.